The minimum atomic E-state index is -0.398. The number of aromatic nitrogens is 4. The average Bonchev–Trinajstić information content (AvgIpc) is 2.57. The van der Waals surface area contributed by atoms with Crippen LogP contribution in [0.1, 0.15) is 25.6 Å². The summed E-state index contributed by atoms with van der Waals surface area (Å²) in [6.45, 7) is 2.10. The number of aryl methyl sites for hydroxylation is 1. The Bertz CT molecular complexity index is 437. The summed E-state index contributed by atoms with van der Waals surface area (Å²) in [5.41, 5.74) is 0.256. The van der Waals surface area contributed by atoms with E-state index in [-0.39, 0.29) is 5.65 Å². The van der Waals surface area contributed by atoms with E-state index in [1.54, 1.807) is 0 Å². The maximum absolute atomic E-state index is 13.1. The van der Waals surface area contributed by atoms with Gasteiger partial charge in [0.25, 0.3) is 0 Å². The molecule has 5 heteroatoms. The van der Waals surface area contributed by atoms with Crippen molar-refractivity contribution in [3.63, 3.8) is 0 Å². The monoisotopic (exact) mass is 194 g/mol. The molecule has 0 atom stereocenters. The summed E-state index contributed by atoms with van der Waals surface area (Å²) in [6, 6.07) is 0. The van der Waals surface area contributed by atoms with Crippen LogP contribution in [0.3, 0.4) is 0 Å². The number of hydrogen-bond acceptors (Lipinski definition) is 3. The van der Waals surface area contributed by atoms with Gasteiger partial charge >= 0.3 is 0 Å². The van der Waals surface area contributed by atoms with Gasteiger partial charge in [-0.1, -0.05) is 13.3 Å². The first-order valence-electron chi connectivity index (χ1n) is 4.66. The van der Waals surface area contributed by atoms with Gasteiger partial charge in [0.15, 0.2) is 11.5 Å². The van der Waals surface area contributed by atoms with Crippen LogP contribution in [-0.2, 0) is 6.42 Å². The van der Waals surface area contributed by atoms with Crippen molar-refractivity contribution in [2.75, 3.05) is 0 Å². The molecule has 0 N–H and O–H groups in total. The van der Waals surface area contributed by atoms with E-state index in [1.807, 2.05) is 0 Å². The predicted octanol–water partition coefficient (Wildman–Crippen LogP) is 1.61. The molecule has 0 unspecified atom stereocenters. The van der Waals surface area contributed by atoms with Gasteiger partial charge in [-0.15, -0.1) is 0 Å². The van der Waals surface area contributed by atoms with Crippen LogP contribution in [0.2, 0.25) is 0 Å². The van der Waals surface area contributed by atoms with Crippen LogP contribution in [0.5, 0.6) is 0 Å². The van der Waals surface area contributed by atoms with E-state index in [0.717, 1.165) is 25.5 Å². The Morgan fingerprint density at radius 2 is 2.36 bits per heavy atom. The topological polar surface area (TPSA) is 43.1 Å². The molecule has 2 aromatic heterocycles. The number of nitrogens with zero attached hydrogens (tertiary/aromatic N) is 4. The van der Waals surface area contributed by atoms with Crippen molar-refractivity contribution < 1.29 is 4.39 Å². The van der Waals surface area contributed by atoms with Gasteiger partial charge in [-0.25, -0.2) is 18.9 Å². The molecule has 0 saturated heterocycles. The maximum Gasteiger partial charge on any atom is 0.194 e. The SMILES string of the molecule is CCCCc1ncn2ncc(F)c2n1. The van der Waals surface area contributed by atoms with Gasteiger partial charge in [-0.05, 0) is 6.42 Å². The minimum absolute atomic E-state index is 0.256. The normalized spacial score (nSPS) is 11.0. The highest BCUT2D eigenvalue weighted by Crippen LogP contribution is 2.06. The number of unbranched alkanes of at least 4 members (excludes halogenated alkanes) is 1. The van der Waals surface area contributed by atoms with Crippen LogP contribution in [-0.4, -0.2) is 19.6 Å². The zero-order valence-electron chi connectivity index (χ0n) is 7.94. The summed E-state index contributed by atoms with van der Waals surface area (Å²) < 4.78 is 14.4. The molecule has 14 heavy (non-hydrogen) atoms. The molecule has 2 rings (SSSR count). The molecular weight excluding hydrogens is 183 g/mol. The highest BCUT2D eigenvalue weighted by atomic mass is 19.1. The largest absolute Gasteiger partial charge is 0.221 e. The number of fused-ring (bicyclic) bond motifs is 1. The number of rotatable bonds is 3. The lowest BCUT2D eigenvalue weighted by molar-refractivity contribution is 0.633. The van der Waals surface area contributed by atoms with Gasteiger partial charge in [0.2, 0.25) is 0 Å². The van der Waals surface area contributed by atoms with Gasteiger partial charge in [0, 0.05) is 6.42 Å². The molecule has 0 radical (unpaired) electrons. The molecule has 74 valence electrons. The van der Waals surface area contributed by atoms with Crippen molar-refractivity contribution in [2.45, 2.75) is 26.2 Å². The van der Waals surface area contributed by atoms with Gasteiger partial charge < -0.3 is 0 Å². The van der Waals surface area contributed by atoms with E-state index < -0.39 is 5.82 Å². The van der Waals surface area contributed by atoms with Crippen LogP contribution in [0.15, 0.2) is 12.5 Å². The Kier molecular flexibility index (Phi) is 2.39. The molecule has 0 spiro atoms. The molecule has 0 amide bonds. The molecule has 0 aromatic carbocycles. The Balaban J connectivity index is 2.34. The van der Waals surface area contributed by atoms with E-state index in [0.29, 0.717) is 5.82 Å². The van der Waals surface area contributed by atoms with E-state index in [4.69, 9.17) is 0 Å². The molecule has 0 aliphatic rings. The first kappa shape index (κ1) is 9.05. The van der Waals surface area contributed by atoms with Crippen LogP contribution >= 0.6 is 0 Å². The molecular formula is C9H11FN4. The molecule has 0 bridgehead atoms. The second-order valence-corrected chi connectivity index (χ2v) is 3.14. The Hall–Kier alpha value is -1.52. The second kappa shape index (κ2) is 3.69. The first-order valence-corrected chi connectivity index (χ1v) is 4.66. The lowest BCUT2D eigenvalue weighted by Crippen LogP contribution is -2.00. The summed E-state index contributed by atoms with van der Waals surface area (Å²) >= 11 is 0. The highest BCUT2D eigenvalue weighted by Gasteiger charge is 2.05. The van der Waals surface area contributed by atoms with Gasteiger partial charge in [0.1, 0.15) is 12.2 Å². The lowest BCUT2D eigenvalue weighted by Gasteiger charge is -1.98. The Morgan fingerprint density at radius 3 is 3.14 bits per heavy atom. The first-order chi connectivity index (χ1) is 6.81. The van der Waals surface area contributed by atoms with E-state index in [9.17, 15) is 4.39 Å². The fraction of sp³-hybridized carbons (Fsp3) is 0.444. The van der Waals surface area contributed by atoms with Crippen LogP contribution in [0, 0.1) is 5.82 Å². The molecule has 0 fully saturated rings. The Morgan fingerprint density at radius 1 is 1.50 bits per heavy atom. The molecule has 0 aliphatic carbocycles. The van der Waals surface area contributed by atoms with Crippen molar-refractivity contribution >= 4 is 5.65 Å². The van der Waals surface area contributed by atoms with Gasteiger partial charge in [0.05, 0.1) is 6.20 Å². The van der Waals surface area contributed by atoms with Crippen molar-refractivity contribution in [1.82, 2.24) is 19.6 Å². The number of halogens is 1. The summed E-state index contributed by atoms with van der Waals surface area (Å²) in [5.74, 6) is 0.281. The van der Waals surface area contributed by atoms with Crippen LogP contribution < -0.4 is 0 Å². The van der Waals surface area contributed by atoms with Crippen LogP contribution in [0.4, 0.5) is 4.39 Å². The summed E-state index contributed by atoms with van der Waals surface area (Å²) in [5, 5.41) is 3.76. The minimum Gasteiger partial charge on any atom is -0.221 e. The average molecular weight is 194 g/mol. The lowest BCUT2D eigenvalue weighted by atomic mass is 10.2. The quantitative estimate of drug-likeness (QED) is 0.745. The molecule has 0 saturated carbocycles. The zero-order valence-corrected chi connectivity index (χ0v) is 7.94. The van der Waals surface area contributed by atoms with Crippen molar-refractivity contribution in [1.29, 1.82) is 0 Å². The van der Waals surface area contributed by atoms with E-state index in [2.05, 4.69) is 22.0 Å². The third kappa shape index (κ3) is 1.57. The Labute approximate surface area is 80.8 Å². The van der Waals surface area contributed by atoms with E-state index in [1.165, 1.54) is 10.8 Å². The predicted molar refractivity (Wildman–Crippen MR) is 49.4 cm³/mol. The zero-order chi connectivity index (χ0) is 9.97. The fourth-order valence-electron chi connectivity index (χ4n) is 1.25. The molecule has 2 heterocycles. The highest BCUT2D eigenvalue weighted by molar-refractivity contribution is 5.36. The second-order valence-electron chi connectivity index (χ2n) is 3.14. The fourth-order valence-corrected chi connectivity index (χ4v) is 1.25. The third-order valence-corrected chi connectivity index (χ3v) is 2.03. The standard InChI is InChI=1S/C9H11FN4/c1-2-3-4-8-11-6-14-9(13-8)7(10)5-12-14/h5-6H,2-4H2,1H3. The molecule has 2 aromatic rings. The third-order valence-electron chi connectivity index (χ3n) is 2.03. The molecule has 0 aliphatic heterocycles. The van der Waals surface area contributed by atoms with Crippen LogP contribution in [0.25, 0.3) is 5.65 Å². The summed E-state index contributed by atoms with van der Waals surface area (Å²) in [7, 11) is 0. The summed E-state index contributed by atoms with van der Waals surface area (Å²) in [6.07, 6.45) is 5.53. The van der Waals surface area contributed by atoms with Crippen molar-refractivity contribution in [3.8, 4) is 0 Å². The van der Waals surface area contributed by atoms with Gasteiger partial charge in [-0.2, -0.15) is 5.10 Å². The van der Waals surface area contributed by atoms with Gasteiger partial charge in [-0.3, -0.25) is 0 Å². The van der Waals surface area contributed by atoms with E-state index >= 15 is 0 Å². The summed E-state index contributed by atoms with van der Waals surface area (Å²) in [4.78, 5) is 8.17. The maximum atomic E-state index is 13.1. The van der Waals surface area contributed by atoms with Crippen molar-refractivity contribution in [3.05, 3.63) is 24.2 Å². The molecule has 4 nitrogen and oxygen atoms in total. The smallest absolute Gasteiger partial charge is 0.194 e. The number of hydrogen-bond donors (Lipinski definition) is 0. The van der Waals surface area contributed by atoms with Crippen molar-refractivity contribution in [2.24, 2.45) is 0 Å².